The molecule has 2 aromatic heterocycles. The molecule has 1 saturated heterocycles. The molecule has 0 aliphatic carbocycles. The summed E-state index contributed by atoms with van der Waals surface area (Å²) < 4.78 is 0. The molecule has 0 saturated carbocycles. The highest BCUT2D eigenvalue weighted by molar-refractivity contribution is 7.99. The van der Waals surface area contributed by atoms with Gasteiger partial charge in [0, 0.05) is 30.9 Å². The lowest BCUT2D eigenvalue weighted by molar-refractivity contribution is -0.131. The largest absolute Gasteiger partial charge is 0.353 e. The third kappa shape index (κ3) is 4.57. The van der Waals surface area contributed by atoms with Crippen LogP contribution < -0.4 is 10.9 Å². The maximum atomic E-state index is 12.7. The van der Waals surface area contributed by atoms with Gasteiger partial charge in [-0.1, -0.05) is 0 Å². The smallest absolute Gasteiger partial charge is 0.259 e. The first-order chi connectivity index (χ1) is 13.3. The average Bonchev–Trinajstić information content (AvgIpc) is 2.93. The fourth-order valence-corrected chi connectivity index (χ4v) is 5.32. The van der Waals surface area contributed by atoms with E-state index in [0.717, 1.165) is 28.1 Å². The number of carbonyl (C=O) groups is 2. The van der Waals surface area contributed by atoms with Crippen molar-refractivity contribution in [1.29, 1.82) is 0 Å². The van der Waals surface area contributed by atoms with Crippen LogP contribution in [-0.4, -0.2) is 51.1 Å². The zero-order valence-corrected chi connectivity index (χ0v) is 18.3. The number of rotatable bonds is 5. The summed E-state index contributed by atoms with van der Waals surface area (Å²) in [5.41, 5.74) is 0.876. The fraction of sp³-hybridized carbons (Fsp3) is 0.579. The highest BCUT2D eigenvalue weighted by Gasteiger charge is 2.26. The van der Waals surface area contributed by atoms with Crippen molar-refractivity contribution in [2.75, 3.05) is 13.1 Å². The van der Waals surface area contributed by atoms with Gasteiger partial charge in [0.1, 0.15) is 10.7 Å². The van der Waals surface area contributed by atoms with E-state index in [-0.39, 0.29) is 28.7 Å². The number of H-pyrrole nitrogens is 1. The van der Waals surface area contributed by atoms with Crippen molar-refractivity contribution in [3.8, 4) is 0 Å². The van der Waals surface area contributed by atoms with E-state index in [4.69, 9.17) is 0 Å². The van der Waals surface area contributed by atoms with Crippen molar-refractivity contribution in [2.45, 2.75) is 57.6 Å². The van der Waals surface area contributed by atoms with Crippen molar-refractivity contribution in [3.05, 3.63) is 26.6 Å². The molecule has 2 aromatic rings. The summed E-state index contributed by atoms with van der Waals surface area (Å²) in [4.78, 5) is 47.4. The molecule has 7 nitrogen and oxygen atoms in total. The van der Waals surface area contributed by atoms with E-state index in [1.165, 1.54) is 30.0 Å². The Morgan fingerprint density at radius 2 is 2.04 bits per heavy atom. The van der Waals surface area contributed by atoms with Gasteiger partial charge in [0.05, 0.1) is 16.4 Å². The van der Waals surface area contributed by atoms with Crippen molar-refractivity contribution < 1.29 is 9.59 Å². The van der Waals surface area contributed by atoms with Crippen molar-refractivity contribution in [1.82, 2.24) is 20.2 Å². The standard InChI is InChI=1S/C19H26N4O3S2/c1-10-11(2)28-18-16(10)17(25)21-15(22-18)9-27-12(3)19(26)23-7-5-14(6-8-23)20-13(4)24/h12,14H,5-9H2,1-4H3,(H,20,24)(H,21,22,25). The zero-order chi connectivity index (χ0) is 20.4. The Kier molecular flexibility index (Phi) is 6.44. The molecule has 1 unspecified atom stereocenters. The number of fused-ring (bicyclic) bond motifs is 1. The Balaban J connectivity index is 1.57. The number of carbonyl (C=O) groups excluding carboxylic acids is 2. The first-order valence-electron chi connectivity index (χ1n) is 9.42. The molecule has 1 fully saturated rings. The van der Waals surface area contributed by atoms with Crippen molar-refractivity contribution in [2.24, 2.45) is 0 Å². The molecule has 1 atom stereocenters. The lowest BCUT2D eigenvalue weighted by atomic mass is 10.0. The summed E-state index contributed by atoms with van der Waals surface area (Å²) in [6.07, 6.45) is 1.57. The van der Waals surface area contributed by atoms with E-state index in [0.29, 0.717) is 30.1 Å². The number of likely N-dealkylation sites (tertiary alicyclic amines) is 1. The number of aromatic nitrogens is 2. The minimum absolute atomic E-state index is 0.0247. The Morgan fingerprint density at radius 3 is 2.68 bits per heavy atom. The van der Waals surface area contributed by atoms with Crippen LogP contribution in [0.3, 0.4) is 0 Å². The quantitative estimate of drug-likeness (QED) is 0.771. The number of aryl methyl sites for hydroxylation is 2. The van der Waals surface area contributed by atoms with E-state index in [2.05, 4.69) is 15.3 Å². The van der Waals surface area contributed by atoms with Gasteiger partial charge in [-0.25, -0.2) is 4.98 Å². The predicted octanol–water partition coefficient (Wildman–Crippen LogP) is 2.35. The third-order valence-corrected chi connectivity index (χ3v) is 7.36. The summed E-state index contributed by atoms with van der Waals surface area (Å²) in [7, 11) is 0. The van der Waals surface area contributed by atoms with Gasteiger partial charge in [-0.3, -0.25) is 14.4 Å². The Morgan fingerprint density at radius 1 is 1.36 bits per heavy atom. The number of nitrogens with zero attached hydrogens (tertiary/aromatic N) is 2. The first kappa shape index (κ1) is 20.9. The van der Waals surface area contributed by atoms with Gasteiger partial charge in [0.25, 0.3) is 5.56 Å². The Bertz CT molecular complexity index is 945. The average molecular weight is 423 g/mol. The van der Waals surface area contributed by atoms with Gasteiger partial charge in [-0.15, -0.1) is 23.1 Å². The van der Waals surface area contributed by atoms with Crippen LogP contribution in [0.1, 0.15) is 43.0 Å². The second-order valence-corrected chi connectivity index (χ2v) is 9.76. The van der Waals surface area contributed by atoms with Crippen LogP contribution in [0.5, 0.6) is 0 Å². The van der Waals surface area contributed by atoms with Crippen molar-refractivity contribution >= 4 is 45.1 Å². The van der Waals surface area contributed by atoms with Crippen LogP contribution in [0.15, 0.2) is 4.79 Å². The number of thiophene rings is 1. The summed E-state index contributed by atoms with van der Waals surface area (Å²) in [5.74, 6) is 1.16. The van der Waals surface area contributed by atoms with E-state index in [9.17, 15) is 14.4 Å². The summed E-state index contributed by atoms with van der Waals surface area (Å²) in [5, 5.41) is 3.37. The normalized spacial score (nSPS) is 16.4. The molecule has 0 spiro atoms. The van der Waals surface area contributed by atoms with Gasteiger partial charge >= 0.3 is 0 Å². The molecule has 1 aliphatic heterocycles. The second kappa shape index (κ2) is 8.65. The zero-order valence-electron chi connectivity index (χ0n) is 16.6. The van der Waals surface area contributed by atoms with Crippen LogP contribution in [0.2, 0.25) is 0 Å². The molecule has 0 bridgehead atoms. The predicted molar refractivity (Wildman–Crippen MR) is 114 cm³/mol. The van der Waals surface area contributed by atoms with Crippen LogP contribution in [-0.2, 0) is 15.3 Å². The third-order valence-electron chi connectivity index (χ3n) is 5.12. The number of hydrogen-bond donors (Lipinski definition) is 2. The van der Waals surface area contributed by atoms with E-state index in [1.54, 1.807) is 0 Å². The summed E-state index contributed by atoms with van der Waals surface area (Å²) in [6.45, 7) is 8.65. The number of thioether (sulfide) groups is 1. The number of piperidine rings is 1. The highest BCUT2D eigenvalue weighted by Crippen LogP contribution is 2.27. The monoisotopic (exact) mass is 422 g/mol. The molecule has 0 aromatic carbocycles. The maximum Gasteiger partial charge on any atom is 0.259 e. The molecule has 152 valence electrons. The molecule has 2 N–H and O–H groups in total. The first-order valence-corrected chi connectivity index (χ1v) is 11.3. The van der Waals surface area contributed by atoms with Crippen LogP contribution in [0.4, 0.5) is 0 Å². The SMILES string of the molecule is CC(=O)NC1CCN(C(=O)C(C)SCc2nc3sc(C)c(C)c3c(=O)[nH]2)CC1. The van der Waals surface area contributed by atoms with Gasteiger partial charge in [0.15, 0.2) is 0 Å². The molecule has 28 heavy (non-hydrogen) atoms. The van der Waals surface area contributed by atoms with E-state index < -0.39 is 0 Å². The Hall–Kier alpha value is -1.87. The number of aromatic amines is 1. The van der Waals surface area contributed by atoms with Crippen molar-refractivity contribution in [3.63, 3.8) is 0 Å². The molecule has 3 rings (SSSR count). The lowest BCUT2D eigenvalue weighted by Gasteiger charge is -2.33. The lowest BCUT2D eigenvalue weighted by Crippen LogP contribution is -2.47. The van der Waals surface area contributed by atoms with Crippen LogP contribution >= 0.6 is 23.1 Å². The Labute approximate surface area is 172 Å². The summed E-state index contributed by atoms with van der Waals surface area (Å²) >= 11 is 3.01. The molecule has 2 amide bonds. The minimum atomic E-state index is -0.217. The second-order valence-electron chi connectivity index (χ2n) is 7.23. The van der Waals surface area contributed by atoms with Crippen LogP contribution in [0.25, 0.3) is 10.2 Å². The topological polar surface area (TPSA) is 95.2 Å². The van der Waals surface area contributed by atoms with Crippen LogP contribution in [0, 0.1) is 13.8 Å². The maximum absolute atomic E-state index is 12.7. The highest BCUT2D eigenvalue weighted by atomic mass is 32.2. The van der Waals surface area contributed by atoms with Gasteiger partial charge in [-0.2, -0.15) is 0 Å². The molecular weight excluding hydrogens is 396 g/mol. The molecule has 1 aliphatic rings. The molecule has 9 heteroatoms. The number of nitrogens with one attached hydrogen (secondary N) is 2. The van der Waals surface area contributed by atoms with Gasteiger partial charge in [0.2, 0.25) is 11.8 Å². The minimum Gasteiger partial charge on any atom is -0.353 e. The molecular formula is C19H26N4O3S2. The van der Waals surface area contributed by atoms with E-state index >= 15 is 0 Å². The van der Waals surface area contributed by atoms with Gasteiger partial charge < -0.3 is 15.2 Å². The number of hydrogen-bond acceptors (Lipinski definition) is 6. The molecule has 3 heterocycles. The fourth-order valence-electron chi connectivity index (χ4n) is 3.43. The van der Waals surface area contributed by atoms with Gasteiger partial charge in [-0.05, 0) is 39.2 Å². The number of amides is 2. The summed E-state index contributed by atoms with van der Waals surface area (Å²) in [6, 6.07) is 0.156. The van der Waals surface area contributed by atoms with E-state index in [1.807, 2.05) is 25.7 Å². The molecule has 0 radical (unpaired) electrons.